The molecule has 1 aliphatic rings. The van der Waals surface area contributed by atoms with E-state index in [1.807, 2.05) is 6.07 Å². The van der Waals surface area contributed by atoms with E-state index >= 15 is 0 Å². The molecule has 1 amide bonds. The summed E-state index contributed by atoms with van der Waals surface area (Å²) in [6.45, 7) is 6.18. The third-order valence-corrected chi connectivity index (χ3v) is 8.33. The standard InChI is InChI=1S/C30H41N2O11P/c1-5-6-12-24(34)31-26-28(27(35)23(17-33)41-30(26)37)43-44(38,42-22-15-13-21(39-4)14-16-22)32-25(19(2)3)29(36)40-18-20-10-8-7-9-11-20/h5,7-11,13-16,19,23,25-28,30,33,35,37H,1,6,12,17-18H2,2-4H3,(H,31,34)(H,32,38)/t23-,25?,26-,27-,28+,30+,44?/m1/s1. The summed E-state index contributed by atoms with van der Waals surface area (Å²) in [6, 6.07) is 12.3. The molecule has 14 heteroatoms. The molecule has 2 unspecified atom stereocenters. The first kappa shape index (κ1) is 35.2. The van der Waals surface area contributed by atoms with Gasteiger partial charge in [0.05, 0.1) is 13.7 Å². The fraction of sp³-hybridized carbons (Fsp3) is 0.467. The number of nitrogens with one attached hydrogen (secondary N) is 2. The molecule has 1 saturated heterocycles. The number of benzene rings is 2. The highest BCUT2D eigenvalue weighted by molar-refractivity contribution is 7.52. The SMILES string of the molecule is C=CCCC(=O)N[C@@H]1[C@H](OP(=O)(NC(C(=O)OCc2ccccc2)C(C)C)Oc2ccc(OC)cc2)[C@H](O)[C@@H](CO)O[C@@H]1O. The zero-order valence-corrected chi connectivity index (χ0v) is 25.8. The predicted molar refractivity (Wildman–Crippen MR) is 159 cm³/mol. The first-order valence-corrected chi connectivity index (χ1v) is 15.7. The van der Waals surface area contributed by atoms with Gasteiger partial charge >= 0.3 is 13.7 Å². The van der Waals surface area contributed by atoms with E-state index in [0.717, 1.165) is 5.56 Å². The zero-order valence-electron chi connectivity index (χ0n) is 24.9. The number of hydrogen-bond donors (Lipinski definition) is 5. The molecule has 242 valence electrons. The van der Waals surface area contributed by atoms with Crippen molar-refractivity contribution in [3.05, 3.63) is 72.8 Å². The average Bonchev–Trinajstić information content (AvgIpc) is 3.01. The lowest BCUT2D eigenvalue weighted by Crippen LogP contribution is -2.65. The molecule has 0 spiro atoms. The molecule has 2 aromatic carbocycles. The molecule has 3 rings (SSSR count). The summed E-state index contributed by atoms with van der Waals surface area (Å²) in [5.74, 6) is -1.24. The molecule has 13 nitrogen and oxygen atoms in total. The van der Waals surface area contributed by atoms with Crippen molar-refractivity contribution >= 4 is 19.6 Å². The molecule has 1 fully saturated rings. The van der Waals surface area contributed by atoms with Crippen LogP contribution in [0.2, 0.25) is 0 Å². The van der Waals surface area contributed by atoms with Crippen LogP contribution in [0.25, 0.3) is 0 Å². The summed E-state index contributed by atoms with van der Waals surface area (Å²) in [6.07, 6.45) is -4.59. The Bertz CT molecular complexity index is 1260. The van der Waals surface area contributed by atoms with Crippen molar-refractivity contribution in [3.8, 4) is 11.5 Å². The highest BCUT2D eigenvalue weighted by Gasteiger charge is 2.50. The molecule has 5 N–H and O–H groups in total. The van der Waals surface area contributed by atoms with Gasteiger partial charge in [-0.2, -0.15) is 5.09 Å². The van der Waals surface area contributed by atoms with E-state index in [1.165, 1.54) is 25.3 Å². The number of hydrogen-bond acceptors (Lipinski definition) is 11. The van der Waals surface area contributed by atoms with Crippen molar-refractivity contribution in [2.45, 2.75) is 70.0 Å². The molecular weight excluding hydrogens is 595 g/mol. The number of ether oxygens (including phenoxy) is 3. The molecule has 44 heavy (non-hydrogen) atoms. The van der Waals surface area contributed by atoms with Crippen LogP contribution in [0.5, 0.6) is 11.5 Å². The van der Waals surface area contributed by atoms with Crippen molar-refractivity contribution in [2.24, 2.45) is 5.92 Å². The molecule has 0 aromatic heterocycles. The Hall–Kier alpha value is -3.29. The Morgan fingerprint density at radius 1 is 1.09 bits per heavy atom. The van der Waals surface area contributed by atoms with Crippen LogP contribution in [0.3, 0.4) is 0 Å². The maximum absolute atomic E-state index is 14.5. The second kappa shape index (κ2) is 16.7. The fourth-order valence-corrected chi connectivity index (χ4v) is 6.21. The number of rotatable bonds is 16. The van der Waals surface area contributed by atoms with E-state index in [4.69, 9.17) is 23.3 Å². The minimum absolute atomic E-state index is 0.0000980. The number of carbonyl (C=O) groups excluding carboxylic acids is 2. The Balaban J connectivity index is 1.95. The van der Waals surface area contributed by atoms with Gasteiger partial charge in [-0.25, -0.2) is 4.57 Å². The number of carbonyl (C=O) groups is 2. The first-order valence-electron chi connectivity index (χ1n) is 14.1. The number of esters is 1. The Kier molecular flexibility index (Phi) is 13.3. The van der Waals surface area contributed by atoms with Crippen LogP contribution < -0.4 is 19.7 Å². The smallest absolute Gasteiger partial charge is 0.459 e. The lowest BCUT2D eigenvalue weighted by Gasteiger charge is -2.43. The lowest BCUT2D eigenvalue weighted by atomic mass is 9.97. The molecule has 2 aromatic rings. The van der Waals surface area contributed by atoms with Gasteiger partial charge in [-0.1, -0.05) is 50.3 Å². The quantitative estimate of drug-likeness (QED) is 0.103. The Labute approximate surface area is 256 Å². The summed E-state index contributed by atoms with van der Waals surface area (Å²) in [5.41, 5.74) is 0.738. The maximum atomic E-state index is 14.5. The summed E-state index contributed by atoms with van der Waals surface area (Å²) in [7, 11) is -3.19. The van der Waals surface area contributed by atoms with E-state index in [-0.39, 0.29) is 18.8 Å². The fourth-order valence-electron chi connectivity index (χ4n) is 4.33. The van der Waals surface area contributed by atoms with Gasteiger partial charge in [0.2, 0.25) is 5.91 Å². The minimum atomic E-state index is -4.66. The monoisotopic (exact) mass is 636 g/mol. The van der Waals surface area contributed by atoms with Crippen LogP contribution in [0.15, 0.2) is 67.3 Å². The third-order valence-electron chi connectivity index (χ3n) is 6.76. The zero-order chi connectivity index (χ0) is 32.3. The summed E-state index contributed by atoms with van der Waals surface area (Å²) in [5, 5.41) is 36.7. The van der Waals surface area contributed by atoms with Gasteiger partial charge in [-0.3, -0.25) is 14.1 Å². The second-order valence-corrected chi connectivity index (χ2v) is 12.1. The molecule has 1 heterocycles. The molecule has 0 bridgehead atoms. The Morgan fingerprint density at radius 3 is 2.34 bits per heavy atom. The normalized spacial score (nSPS) is 23.7. The highest BCUT2D eigenvalue weighted by atomic mass is 31.2. The van der Waals surface area contributed by atoms with Crippen LogP contribution in [-0.4, -0.2) is 77.6 Å². The molecular formula is C30H41N2O11P. The molecule has 0 aliphatic carbocycles. The van der Waals surface area contributed by atoms with E-state index in [1.54, 1.807) is 50.2 Å². The van der Waals surface area contributed by atoms with Crippen molar-refractivity contribution < 1.29 is 52.7 Å². The van der Waals surface area contributed by atoms with Crippen molar-refractivity contribution in [3.63, 3.8) is 0 Å². The van der Waals surface area contributed by atoms with Gasteiger partial charge < -0.3 is 39.4 Å². The number of aliphatic hydroxyl groups excluding tert-OH is 3. The van der Waals surface area contributed by atoms with Crippen LogP contribution >= 0.6 is 7.75 Å². The highest BCUT2D eigenvalue weighted by Crippen LogP contribution is 2.49. The van der Waals surface area contributed by atoms with Crippen LogP contribution in [0.1, 0.15) is 32.3 Å². The average molecular weight is 637 g/mol. The lowest BCUT2D eigenvalue weighted by molar-refractivity contribution is -0.250. The molecule has 7 atom stereocenters. The summed E-state index contributed by atoms with van der Waals surface area (Å²) < 4.78 is 42.2. The van der Waals surface area contributed by atoms with Gasteiger partial charge in [-0.05, 0) is 42.2 Å². The van der Waals surface area contributed by atoms with Gasteiger partial charge in [0.15, 0.2) is 6.29 Å². The van der Waals surface area contributed by atoms with Gasteiger partial charge in [0.1, 0.15) is 48.5 Å². The van der Waals surface area contributed by atoms with Gasteiger partial charge in [0, 0.05) is 6.42 Å². The molecule has 1 aliphatic heterocycles. The number of methoxy groups -OCH3 is 1. The number of aliphatic hydroxyl groups is 3. The maximum Gasteiger partial charge on any atom is 0.459 e. The largest absolute Gasteiger partial charge is 0.497 e. The molecule has 0 radical (unpaired) electrons. The van der Waals surface area contributed by atoms with Crippen LogP contribution in [0.4, 0.5) is 0 Å². The van der Waals surface area contributed by atoms with E-state index in [2.05, 4.69) is 17.0 Å². The summed E-state index contributed by atoms with van der Waals surface area (Å²) >= 11 is 0. The van der Waals surface area contributed by atoms with Crippen LogP contribution in [-0.2, 0) is 34.8 Å². The van der Waals surface area contributed by atoms with Gasteiger partial charge in [-0.15, -0.1) is 6.58 Å². The van der Waals surface area contributed by atoms with Crippen LogP contribution in [0, 0.1) is 5.92 Å². The number of amides is 1. The second-order valence-electron chi connectivity index (χ2n) is 10.4. The van der Waals surface area contributed by atoms with E-state index in [0.29, 0.717) is 12.2 Å². The molecule has 0 saturated carbocycles. The topological polar surface area (TPSA) is 182 Å². The minimum Gasteiger partial charge on any atom is -0.497 e. The number of allylic oxidation sites excluding steroid dienone is 1. The Morgan fingerprint density at radius 2 is 1.75 bits per heavy atom. The van der Waals surface area contributed by atoms with Gasteiger partial charge in [0.25, 0.3) is 0 Å². The first-order chi connectivity index (χ1) is 21.0. The predicted octanol–water partition coefficient (Wildman–Crippen LogP) is 2.45. The van der Waals surface area contributed by atoms with Crippen molar-refractivity contribution in [1.29, 1.82) is 0 Å². The van der Waals surface area contributed by atoms with Crippen molar-refractivity contribution in [1.82, 2.24) is 10.4 Å². The third kappa shape index (κ3) is 9.86. The summed E-state index contributed by atoms with van der Waals surface area (Å²) in [4.78, 5) is 25.8. The van der Waals surface area contributed by atoms with Crippen molar-refractivity contribution in [2.75, 3.05) is 13.7 Å². The van der Waals surface area contributed by atoms with E-state index < -0.39 is 68.8 Å². The van der Waals surface area contributed by atoms with E-state index in [9.17, 15) is 29.5 Å².